The van der Waals surface area contributed by atoms with Gasteiger partial charge in [0.1, 0.15) is 11.4 Å². The minimum atomic E-state index is -0.206. The maximum absolute atomic E-state index is 12.2. The number of carbonyl (C=O) groups excluding carboxylic acids is 1. The summed E-state index contributed by atoms with van der Waals surface area (Å²) in [6.07, 6.45) is 1.65. The topological polar surface area (TPSA) is 63.2 Å². The number of hydrogen-bond donors (Lipinski definition) is 2. The lowest BCUT2D eigenvalue weighted by Gasteiger charge is -2.08. The van der Waals surface area contributed by atoms with Crippen LogP contribution in [0.3, 0.4) is 0 Å². The summed E-state index contributed by atoms with van der Waals surface area (Å²) < 4.78 is 5.12. The third-order valence-electron chi connectivity index (χ3n) is 3.95. The molecule has 3 aromatic rings. The van der Waals surface area contributed by atoms with Crippen LogP contribution < -0.4 is 15.4 Å². The molecule has 0 aliphatic heterocycles. The molecule has 1 aromatic heterocycles. The van der Waals surface area contributed by atoms with E-state index in [0.29, 0.717) is 12.2 Å². The fourth-order valence-corrected chi connectivity index (χ4v) is 2.42. The molecule has 3 rings (SSSR count). The predicted molar refractivity (Wildman–Crippen MR) is 103 cm³/mol. The van der Waals surface area contributed by atoms with Gasteiger partial charge in [-0.1, -0.05) is 29.8 Å². The van der Waals surface area contributed by atoms with E-state index < -0.39 is 0 Å². The Morgan fingerprint density at radius 1 is 0.962 bits per heavy atom. The van der Waals surface area contributed by atoms with Gasteiger partial charge in [-0.3, -0.25) is 4.79 Å². The normalized spacial score (nSPS) is 10.2. The van der Waals surface area contributed by atoms with Crippen molar-refractivity contribution >= 4 is 17.3 Å². The Kier molecular flexibility index (Phi) is 5.49. The number of aryl methyl sites for hydroxylation is 1. The number of ether oxygens (including phenoxy) is 1. The van der Waals surface area contributed by atoms with E-state index in [1.165, 1.54) is 5.56 Å². The van der Waals surface area contributed by atoms with E-state index in [2.05, 4.69) is 15.6 Å². The summed E-state index contributed by atoms with van der Waals surface area (Å²) in [4.78, 5) is 16.5. The zero-order valence-electron chi connectivity index (χ0n) is 14.8. The third-order valence-corrected chi connectivity index (χ3v) is 3.95. The molecule has 2 aromatic carbocycles. The number of hydrogen-bond acceptors (Lipinski definition) is 4. The molecule has 2 N–H and O–H groups in total. The summed E-state index contributed by atoms with van der Waals surface area (Å²) in [7, 11) is 1.62. The predicted octanol–water partition coefficient (Wildman–Crippen LogP) is 4.07. The van der Waals surface area contributed by atoms with Crippen LogP contribution in [0.25, 0.3) is 0 Å². The van der Waals surface area contributed by atoms with Crippen LogP contribution in [0.5, 0.6) is 5.75 Å². The molecule has 26 heavy (non-hydrogen) atoms. The van der Waals surface area contributed by atoms with Gasteiger partial charge in [-0.2, -0.15) is 0 Å². The van der Waals surface area contributed by atoms with Gasteiger partial charge >= 0.3 is 0 Å². The van der Waals surface area contributed by atoms with Crippen LogP contribution in [0.15, 0.2) is 66.9 Å². The summed E-state index contributed by atoms with van der Waals surface area (Å²) in [5, 5.41) is 6.13. The van der Waals surface area contributed by atoms with Gasteiger partial charge in [0, 0.05) is 12.2 Å². The maximum atomic E-state index is 12.2. The van der Waals surface area contributed by atoms with E-state index in [1.54, 1.807) is 19.4 Å². The van der Waals surface area contributed by atoms with E-state index in [0.717, 1.165) is 22.7 Å². The van der Waals surface area contributed by atoms with Gasteiger partial charge in [0.25, 0.3) is 5.91 Å². The highest BCUT2D eigenvalue weighted by molar-refractivity contribution is 5.92. The number of nitrogens with one attached hydrogen (secondary N) is 2. The molecule has 0 aliphatic carbocycles. The SMILES string of the molecule is COc1ccc(CNC(=O)c2ccc(Nc3ccc(C)cc3)cn2)cc1. The van der Waals surface area contributed by atoms with Gasteiger partial charge in [0.15, 0.2) is 0 Å². The average Bonchev–Trinajstić information content (AvgIpc) is 2.69. The number of methoxy groups -OCH3 is 1. The number of carbonyl (C=O) groups is 1. The number of benzene rings is 2. The van der Waals surface area contributed by atoms with Gasteiger partial charge in [0.05, 0.1) is 19.0 Å². The van der Waals surface area contributed by atoms with Gasteiger partial charge in [-0.15, -0.1) is 0 Å². The highest BCUT2D eigenvalue weighted by atomic mass is 16.5. The van der Waals surface area contributed by atoms with E-state index in [4.69, 9.17) is 4.74 Å². The van der Waals surface area contributed by atoms with E-state index in [-0.39, 0.29) is 5.91 Å². The number of aromatic nitrogens is 1. The lowest BCUT2D eigenvalue weighted by atomic mass is 10.2. The van der Waals surface area contributed by atoms with Crippen LogP contribution in [0.1, 0.15) is 21.6 Å². The first kappa shape index (κ1) is 17.5. The molecule has 0 fully saturated rings. The first-order chi connectivity index (χ1) is 12.6. The Labute approximate surface area is 153 Å². The highest BCUT2D eigenvalue weighted by Gasteiger charge is 2.07. The number of amides is 1. The first-order valence-electron chi connectivity index (χ1n) is 8.35. The van der Waals surface area contributed by atoms with Crippen LogP contribution in [-0.2, 0) is 6.54 Å². The van der Waals surface area contributed by atoms with Crippen molar-refractivity contribution in [1.29, 1.82) is 0 Å². The molecule has 132 valence electrons. The molecular weight excluding hydrogens is 326 g/mol. The Hall–Kier alpha value is -3.34. The standard InChI is InChI=1S/C21H21N3O2/c1-15-3-7-17(8-4-15)24-18-9-12-20(22-14-18)21(25)23-13-16-5-10-19(26-2)11-6-16/h3-12,14,24H,13H2,1-2H3,(H,23,25). The van der Waals surface area contributed by atoms with Crippen LogP contribution >= 0.6 is 0 Å². The van der Waals surface area contributed by atoms with Gasteiger partial charge in [-0.05, 0) is 48.9 Å². The Bertz CT molecular complexity index is 857. The quantitative estimate of drug-likeness (QED) is 0.705. The van der Waals surface area contributed by atoms with Crippen molar-refractivity contribution in [3.63, 3.8) is 0 Å². The van der Waals surface area contributed by atoms with Gasteiger partial charge in [0.2, 0.25) is 0 Å². The Morgan fingerprint density at radius 2 is 1.65 bits per heavy atom. The second kappa shape index (κ2) is 8.16. The molecule has 0 atom stereocenters. The zero-order valence-corrected chi connectivity index (χ0v) is 14.8. The highest BCUT2D eigenvalue weighted by Crippen LogP contribution is 2.16. The third kappa shape index (κ3) is 4.60. The number of pyridine rings is 1. The van der Waals surface area contributed by atoms with E-state index in [9.17, 15) is 4.79 Å². The number of nitrogens with zero attached hydrogens (tertiary/aromatic N) is 1. The van der Waals surface area contributed by atoms with Crippen LogP contribution in [-0.4, -0.2) is 18.0 Å². The lowest BCUT2D eigenvalue weighted by molar-refractivity contribution is 0.0946. The van der Waals surface area contributed by atoms with E-state index in [1.807, 2.05) is 61.5 Å². The van der Waals surface area contributed by atoms with E-state index >= 15 is 0 Å². The molecule has 1 amide bonds. The molecule has 0 unspecified atom stereocenters. The molecule has 5 nitrogen and oxygen atoms in total. The number of rotatable bonds is 6. The van der Waals surface area contributed by atoms with Gasteiger partial charge in [-0.25, -0.2) is 4.98 Å². The van der Waals surface area contributed by atoms with Crippen LogP contribution in [0.4, 0.5) is 11.4 Å². The van der Waals surface area contributed by atoms with Crippen molar-refractivity contribution in [3.05, 3.63) is 83.7 Å². The van der Waals surface area contributed by atoms with Crippen molar-refractivity contribution in [3.8, 4) is 5.75 Å². The summed E-state index contributed by atoms with van der Waals surface area (Å²) in [6, 6.07) is 19.2. The largest absolute Gasteiger partial charge is 0.497 e. The zero-order chi connectivity index (χ0) is 18.4. The monoisotopic (exact) mass is 347 g/mol. The van der Waals surface area contributed by atoms with Crippen molar-refractivity contribution in [1.82, 2.24) is 10.3 Å². The van der Waals surface area contributed by atoms with Crippen LogP contribution in [0.2, 0.25) is 0 Å². The lowest BCUT2D eigenvalue weighted by Crippen LogP contribution is -2.23. The van der Waals surface area contributed by atoms with Crippen molar-refractivity contribution in [2.75, 3.05) is 12.4 Å². The molecule has 0 saturated carbocycles. The minimum absolute atomic E-state index is 0.206. The number of anilines is 2. The fraction of sp³-hybridized carbons (Fsp3) is 0.143. The smallest absolute Gasteiger partial charge is 0.270 e. The molecule has 1 heterocycles. The fourth-order valence-electron chi connectivity index (χ4n) is 2.42. The molecule has 0 radical (unpaired) electrons. The molecule has 0 saturated heterocycles. The Balaban J connectivity index is 1.56. The second-order valence-corrected chi connectivity index (χ2v) is 5.95. The molecule has 5 heteroatoms. The first-order valence-corrected chi connectivity index (χ1v) is 8.35. The molecule has 0 bridgehead atoms. The van der Waals surface area contributed by atoms with Crippen molar-refractivity contribution in [2.45, 2.75) is 13.5 Å². The second-order valence-electron chi connectivity index (χ2n) is 5.95. The molecule has 0 aliphatic rings. The summed E-state index contributed by atoms with van der Waals surface area (Å²) in [6.45, 7) is 2.48. The van der Waals surface area contributed by atoms with Crippen molar-refractivity contribution < 1.29 is 9.53 Å². The van der Waals surface area contributed by atoms with Crippen molar-refractivity contribution in [2.24, 2.45) is 0 Å². The average molecular weight is 347 g/mol. The molecular formula is C21H21N3O2. The maximum Gasteiger partial charge on any atom is 0.270 e. The summed E-state index contributed by atoms with van der Waals surface area (Å²) in [5.74, 6) is 0.584. The van der Waals surface area contributed by atoms with Crippen LogP contribution in [0, 0.1) is 6.92 Å². The Morgan fingerprint density at radius 3 is 2.27 bits per heavy atom. The minimum Gasteiger partial charge on any atom is -0.497 e. The summed E-state index contributed by atoms with van der Waals surface area (Å²) in [5.41, 5.74) is 4.40. The summed E-state index contributed by atoms with van der Waals surface area (Å²) >= 11 is 0. The molecule has 0 spiro atoms. The van der Waals surface area contributed by atoms with Gasteiger partial charge < -0.3 is 15.4 Å².